The Morgan fingerprint density at radius 2 is 1.91 bits per heavy atom. The third kappa shape index (κ3) is 4.87. The number of amides is 2. The first-order chi connectivity index (χ1) is 16.4. The predicted molar refractivity (Wildman–Crippen MR) is 136 cm³/mol. The Labute approximate surface area is 203 Å². The van der Waals surface area contributed by atoms with Crippen molar-refractivity contribution in [1.82, 2.24) is 0 Å². The highest BCUT2D eigenvalue weighted by Gasteiger charge is 2.36. The number of carbonyl (C=O) groups is 2. The minimum absolute atomic E-state index is 0.0251. The summed E-state index contributed by atoms with van der Waals surface area (Å²) in [5.41, 5.74) is 5.90. The largest absolute Gasteiger partial charge is 0.326 e. The number of hydrogen-bond acceptors (Lipinski definition) is 3. The highest BCUT2D eigenvalue weighted by atomic mass is 16.2. The smallest absolute Gasteiger partial charge is 0.230 e. The van der Waals surface area contributed by atoms with Gasteiger partial charge in [0, 0.05) is 30.3 Å². The zero-order chi connectivity index (χ0) is 24.2. The van der Waals surface area contributed by atoms with E-state index >= 15 is 0 Å². The lowest BCUT2D eigenvalue weighted by atomic mass is 9.73. The molecule has 0 saturated heterocycles. The van der Waals surface area contributed by atoms with E-state index in [-0.39, 0.29) is 23.7 Å². The molecule has 1 N–H and O–H groups in total. The predicted octanol–water partition coefficient (Wildman–Crippen LogP) is 5.79. The van der Waals surface area contributed by atoms with Gasteiger partial charge in [-0.15, -0.1) is 0 Å². The van der Waals surface area contributed by atoms with Crippen LogP contribution in [-0.2, 0) is 22.4 Å². The van der Waals surface area contributed by atoms with Gasteiger partial charge >= 0.3 is 0 Å². The number of aryl methyl sites for hydroxylation is 2. The minimum Gasteiger partial charge on any atom is -0.326 e. The van der Waals surface area contributed by atoms with E-state index in [0.717, 1.165) is 62.6 Å². The molecule has 1 fully saturated rings. The van der Waals surface area contributed by atoms with Gasteiger partial charge in [-0.1, -0.05) is 25.1 Å². The van der Waals surface area contributed by atoms with Crippen molar-refractivity contribution in [3.05, 3.63) is 58.7 Å². The second-order valence-electron chi connectivity index (χ2n) is 9.91. The average molecular weight is 458 g/mol. The van der Waals surface area contributed by atoms with E-state index in [1.165, 1.54) is 11.1 Å². The second kappa shape index (κ2) is 10.4. The van der Waals surface area contributed by atoms with Gasteiger partial charge in [0.25, 0.3) is 0 Å². The molecule has 5 heteroatoms. The van der Waals surface area contributed by atoms with E-state index in [2.05, 4.69) is 30.4 Å². The van der Waals surface area contributed by atoms with E-state index < -0.39 is 0 Å². The molecule has 34 heavy (non-hydrogen) atoms. The Morgan fingerprint density at radius 3 is 2.62 bits per heavy atom. The van der Waals surface area contributed by atoms with Crippen LogP contribution < -0.4 is 10.2 Å². The summed E-state index contributed by atoms with van der Waals surface area (Å²) in [6.45, 7) is 4.15. The number of nitriles is 1. The van der Waals surface area contributed by atoms with Gasteiger partial charge in [-0.3, -0.25) is 9.59 Å². The Balaban J connectivity index is 1.38. The number of nitrogens with zero attached hydrogens (tertiary/aromatic N) is 2. The summed E-state index contributed by atoms with van der Waals surface area (Å²) in [6, 6.07) is 14.0. The molecule has 0 spiro atoms. The third-order valence-corrected chi connectivity index (χ3v) is 7.93. The Bertz CT molecular complexity index is 1110. The molecule has 0 radical (unpaired) electrons. The second-order valence-corrected chi connectivity index (χ2v) is 9.91. The topological polar surface area (TPSA) is 73.2 Å². The summed E-state index contributed by atoms with van der Waals surface area (Å²) in [6.07, 6.45) is 7.16. The van der Waals surface area contributed by atoms with Crippen molar-refractivity contribution in [1.29, 1.82) is 5.26 Å². The summed E-state index contributed by atoms with van der Waals surface area (Å²) in [7, 11) is 1.91. The van der Waals surface area contributed by atoms with Crippen LogP contribution in [-0.4, -0.2) is 18.9 Å². The number of carbonyl (C=O) groups excluding carboxylic acids is 2. The number of hydrogen-bond donors (Lipinski definition) is 1. The molecule has 1 atom stereocenters. The fraction of sp³-hybridized carbons (Fsp3) is 0.483. The number of benzene rings is 2. The summed E-state index contributed by atoms with van der Waals surface area (Å²) in [5, 5.41) is 12.4. The van der Waals surface area contributed by atoms with Gasteiger partial charge in [0.2, 0.25) is 11.8 Å². The van der Waals surface area contributed by atoms with Gasteiger partial charge in [-0.25, -0.2) is 0 Å². The van der Waals surface area contributed by atoms with Gasteiger partial charge in [-0.2, -0.15) is 5.26 Å². The first-order valence-electron chi connectivity index (χ1n) is 12.6. The number of rotatable bonds is 4. The first kappa shape index (κ1) is 24.0. The standard InChI is InChI=1S/C29H35N3O2/c1-4-20-15-16-24(17-23(20)18-30)31-28(33)22-13-11-21(12-14-22)26-9-6-8-25-19(2)7-5-10-27(25)32(3)29(26)34/h5,7,10,15-17,21-22,26H,4,6,8-9,11-14H2,1-3H3,(H,31,33). The van der Waals surface area contributed by atoms with Gasteiger partial charge in [0.05, 0.1) is 11.6 Å². The van der Waals surface area contributed by atoms with Gasteiger partial charge in [0.15, 0.2) is 0 Å². The van der Waals surface area contributed by atoms with Crippen molar-refractivity contribution in [3.8, 4) is 6.07 Å². The quantitative estimate of drug-likeness (QED) is 0.631. The molecule has 1 heterocycles. The molecule has 0 aromatic heterocycles. The minimum atomic E-state index is -0.0441. The lowest BCUT2D eigenvalue weighted by Gasteiger charge is -2.36. The van der Waals surface area contributed by atoms with Crippen LogP contribution in [0, 0.1) is 36.0 Å². The number of fused-ring (bicyclic) bond motifs is 1. The SMILES string of the molecule is CCc1ccc(NC(=O)C2CCC(C3CCCc4c(C)cccc4N(C)C3=O)CC2)cc1C#N. The fourth-order valence-corrected chi connectivity index (χ4v) is 5.85. The molecule has 2 aromatic rings. The van der Waals surface area contributed by atoms with E-state index in [4.69, 9.17) is 0 Å². The third-order valence-electron chi connectivity index (χ3n) is 7.93. The van der Waals surface area contributed by atoms with Crippen LogP contribution >= 0.6 is 0 Å². The molecule has 2 aliphatic rings. The summed E-state index contributed by atoms with van der Waals surface area (Å²) < 4.78 is 0. The Kier molecular flexibility index (Phi) is 7.36. The zero-order valence-corrected chi connectivity index (χ0v) is 20.6. The van der Waals surface area contributed by atoms with E-state index in [1.54, 1.807) is 6.07 Å². The first-order valence-corrected chi connectivity index (χ1v) is 12.6. The molecule has 1 aliphatic heterocycles. The molecular weight excluding hydrogens is 422 g/mol. The molecule has 1 unspecified atom stereocenters. The number of anilines is 2. The highest BCUT2D eigenvalue weighted by molar-refractivity contribution is 5.96. The van der Waals surface area contributed by atoms with Crippen LogP contribution in [0.3, 0.4) is 0 Å². The molecule has 2 amide bonds. The van der Waals surface area contributed by atoms with Crippen LogP contribution in [0.2, 0.25) is 0 Å². The maximum absolute atomic E-state index is 13.5. The van der Waals surface area contributed by atoms with Crippen molar-refractivity contribution in [3.63, 3.8) is 0 Å². The molecule has 0 bridgehead atoms. The van der Waals surface area contributed by atoms with Crippen LogP contribution in [0.25, 0.3) is 0 Å². The maximum atomic E-state index is 13.5. The molecule has 1 aliphatic carbocycles. The van der Waals surface area contributed by atoms with E-state index in [0.29, 0.717) is 17.2 Å². The summed E-state index contributed by atoms with van der Waals surface area (Å²) in [5.74, 6) is 0.566. The lowest BCUT2D eigenvalue weighted by Crippen LogP contribution is -2.40. The normalized spacial score (nSPS) is 22.8. The fourth-order valence-electron chi connectivity index (χ4n) is 5.85. The van der Waals surface area contributed by atoms with Crippen LogP contribution in [0.4, 0.5) is 11.4 Å². The van der Waals surface area contributed by atoms with Crippen molar-refractivity contribution in [2.75, 3.05) is 17.3 Å². The summed E-state index contributed by atoms with van der Waals surface area (Å²) >= 11 is 0. The van der Waals surface area contributed by atoms with Gasteiger partial charge < -0.3 is 10.2 Å². The molecule has 4 rings (SSSR count). The van der Waals surface area contributed by atoms with Crippen molar-refractivity contribution in [2.45, 2.75) is 65.2 Å². The van der Waals surface area contributed by atoms with E-state index in [1.807, 2.05) is 37.1 Å². The summed E-state index contributed by atoms with van der Waals surface area (Å²) in [4.78, 5) is 28.3. The molecule has 5 nitrogen and oxygen atoms in total. The molecule has 2 aromatic carbocycles. The number of nitrogens with one attached hydrogen (secondary N) is 1. The lowest BCUT2D eigenvalue weighted by molar-refractivity contribution is -0.125. The zero-order valence-electron chi connectivity index (χ0n) is 20.6. The van der Waals surface area contributed by atoms with Gasteiger partial charge in [-0.05, 0) is 99.1 Å². The van der Waals surface area contributed by atoms with Crippen molar-refractivity contribution < 1.29 is 9.59 Å². The highest BCUT2D eigenvalue weighted by Crippen LogP contribution is 2.39. The monoisotopic (exact) mass is 457 g/mol. The maximum Gasteiger partial charge on any atom is 0.230 e. The van der Waals surface area contributed by atoms with E-state index in [9.17, 15) is 14.9 Å². The Hall–Kier alpha value is -3.13. The van der Waals surface area contributed by atoms with Crippen molar-refractivity contribution >= 4 is 23.2 Å². The Morgan fingerprint density at radius 1 is 1.15 bits per heavy atom. The average Bonchev–Trinajstić information content (AvgIpc) is 2.85. The van der Waals surface area contributed by atoms with Crippen LogP contribution in [0.15, 0.2) is 36.4 Å². The van der Waals surface area contributed by atoms with Crippen LogP contribution in [0.5, 0.6) is 0 Å². The van der Waals surface area contributed by atoms with Crippen LogP contribution in [0.1, 0.15) is 67.7 Å². The molecule has 1 saturated carbocycles. The molecular formula is C29H35N3O2. The molecule has 178 valence electrons. The van der Waals surface area contributed by atoms with Crippen molar-refractivity contribution in [2.24, 2.45) is 17.8 Å². The van der Waals surface area contributed by atoms with Gasteiger partial charge in [0.1, 0.15) is 0 Å².